The molecule has 1 heterocycles. The number of nitrogens with two attached hydrogens (primary N) is 1. The van der Waals surface area contributed by atoms with Crippen LogP contribution < -0.4 is 5.84 Å². The van der Waals surface area contributed by atoms with Gasteiger partial charge in [-0.05, 0) is 17.4 Å². The van der Waals surface area contributed by atoms with Crippen LogP contribution in [-0.2, 0) is 0 Å². The van der Waals surface area contributed by atoms with Gasteiger partial charge in [-0.15, -0.1) is 0 Å². The van der Waals surface area contributed by atoms with Crippen LogP contribution in [0, 0.1) is 5.41 Å². The van der Waals surface area contributed by atoms with Crippen LogP contribution in [0.2, 0.25) is 0 Å². The molecule has 2 heteroatoms. The lowest BCUT2D eigenvalue weighted by Gasteiger charge is -2.32. The molecule has 2 N–H and O–H groups in total. The van der Waals surface area contributed by atoms with E-state index in [1.54, 1.807) is 0 Å². The molecule has 1 aliphatic rings. The van der Waals surface area contributed by atoms with Gasteiger partial charge < -0.3 is 5.01 Å². The minimum absolute atomic E-state index is 0.184. The number of allylic oxidation sites excluding steroid dienone is 2. The molecule has 0 amide bonds. The van der Waals surface area contributed by atoms with Crippen molar-refractivity contribution in [2.75, 3.05) is 0 Å². The summed E-state index contributed by atoms with van der Waals surface area (Å²) in [5.74, 6) is 6.01. The van der Waals surface area contributed by atoms with Gasteiger partial charge in [-0.2, -0.15) is 0 Å². The molecule has 0 fully saturated rings. The molecule has 0 aromatic carbocycles. The van der Waals surface area contributed by atoms with Crippen LogP contribution in [0.5, 0.6) is 0 Å². The van der Waals surface area contributed by atoms with E-state index < -0.39 is 0 Å². The number of hydrogen-bond donors (Lipinski definition) is 1. The third-order valence-electron chi connectivity index (χ3n) is 2.89. The van der Waals surface area contributed by atoms with E-state index in [4.69, 9.17) is 5.84 Å². The van der Waals surface area contributed by atoms with Crippen LogP contribution in [0.3, 0.4) is 0 Å². The fraction of sp³-hybridized carbons (Fsp3) is 0.692. The SMILES string of the molecule is CCCCC1C=CC(C(C)(C)C)=CN1N. The molecule has 0 saturated carbocycles. The Morgan fingerprint density at radius 3 is 2.53 bits per heavy atom. The summed E-state index contributed by atoms with van der Waals surface area (Å²) < 4.78 is 0. The van der Waals surface area contributed by atoms with Crippen LogP contribution in [0.4, 0.5) is 0 Å². The van der Waals surface area contributed by atoms with Gasteiger partial charge >= 0.3 is 0 Å². The second kappa shape index (κ2) is 4.84. The van der Waals surface area contributed by atoms with E-state index in [-0.39, 0.29) is 5.41 Å². The summed E-state index contributed by atoms with van der Waals surface area (Å²) in [4.78, 5) is 0. The van der Waals surface area contributed by atoms with Gasteiger partial charge in [0.1, 0.15) is 0 Å². The summed E-state index contributed by atoms with van der Waals surface area (Å²) in [6.07, 6.45) is 10.2. The quantitative estimate of drug-likeness (QED) is 0.722. The maximum absolute atomic E-state index is 6.01. The van der Waals surface area contributed by atoms with Crippen molar-refractivity contribution in [2.24, 2.45) is 11.3 Å². The molecule has 15 heavy (non-hydrogen) atoms. The third-order valence-corrected chi connectivity index (χ3v) is 2.89. The van der Waals surface area contributed by atoms with Gasteiger partial charge in [-0.3, -0.25) is 0 Å². The molecule has 0 spiro atoms. The van der Waals surface area contributed by atoms with E-state index in [1.807, 2.05) is 5.01 Å². The van der Waals surface area contributed by atoms with Gasteiger partial charge in [-0.25, -0.2) is 5.84 Å². The number of unbranched alkanes of at least 4 members (excludes halogenated alkanes) is 1. The van der Waals surface area contributed by atoms with E-state index >= 15 is 0 Å². The Morgan fingerprint density at radius 2 is 2.07 bits per heavy atom. The summed E-state index contributed by atoms with van der Waals surface area (Å²) in [6.45, 7) is 8.85. The van der Waals surface area contributed by atoms with E-state index in [2.05, 4.69) is 46.0 Å². The number of hydrazine groups is 1. The number of rotatable bonds is 3. The van der Waals surface area contributed by atoms with Crippen molar-refractivity contribution in [1.29, 1.82) is 0 Å². The fourth-order valence-electron chi connectivity index (χ4n) is 1.72. The first-order chi connectivity index (χ1) is 6.95. The van der Waals surface area contributed by atoms with Crippen molar-refractivity contribution in [3.8, 4) is 0 Å². The maximum atomic E-state index is 6.01. The molecule has 0 aromatic heterocycles. The van der Waals surface area contributed by atoms with Crippen LogP contribution in [-0.4, -0.2) is 11.1 Å². The standard InChI is InChI=1S/C13H24N2/c1-5-6-7-12-9-8-11(10-15(12)14)13(2,3)4/h8-10,12H,5-7,14H2,1-4H3. The van der Waals surface area contributed by atoms with Crippen LogP contribution in [0.1, 0.15) is 47.0 Å². The van der Waals surface area contributed by atoms with Gasteiger partial charge in [0.2, 0.25) is 0 Å². The highest BCUT2D eigenvalue weighted by molar-refractivity contribution is 5.28. The average Bonchev–Trinajstić information content (AvgIpc) is 2.14. The zero-order valence-electron chi connectivity index (χ0n) is 10.5. The van der Waals surface area contributed by atoms with Crippen LogP contribution in [0.25, 0.3) is 0 Å². The predicted octanol–water partition coefficient (Wildman–Crippen LogP) is 3.22. The Kier molecular flexibility index (Phi) is 3.97. The summed E-state index contributed by atoms with van der Waals surface area (Å²) in [7, 11) is 0. The molecule has 0 bridgehead atoms. The van der Waals surface area contributed by atoms with Crippen molar-refractivity contribution < 1.29 is 0 Å². The number of hydrogen-bond acceptors (Lipinski definition) is 2. The molecule has 1 aliphatic heterocycles. The Balaban J connectivity index is 2.62. The zero-order valence-corrected chi connectivity index (χ0v) is 10.5. The van der Waals surface area contributed by atoms with Crippen molar-refractivity contribution in [1.82, 2.24) is 5.01 Å². The first-order valence-corrected chi connectivity index (χ1v) is 5.88. The summed E-state index contributed by atoms with van der Waals surface area (Å²) in [5, 5.41) is 1.86. The first-order valence-electron chi connectivity index (χ1n) is 5.88. The minimum Gasteiger partial charge on any atom is -0.311 e. The monoisotopic (exact) mass is 208 g/mol. The van der Waals surface area contributed by atoms with Crippen molar-refractivity contribution in [3.05, 3.63) is 23.9 Å². The minimum atomic E-state index is 0.184. The molecular weight excluding hydrogens is 184 g/mol. The molecule has 2 nitrogen and oxygen atoms in total. The van der Waals surface area contributed by atoms with E-state index in [9.17, 15) is 0 Å². The van der Waals surface area contributed by atoms with Crippen LogP contribution >= 0.6 is 0 Å². The highest BCUT2D eigenvalue weighted by atomic mass is 15.4. The van der Waals surface area contributed by atoms with Crippen molar-refractivity contribution in [2.45, 2.75) is 53.0 Å². The van der Waals surface area contributed by atoms with Crippen molar-refractivity contribution >= 4 is 0 Å². The molecule has 1 atom stereocenters. The average molecular weight is 208 g/mol. The van der Waals surface area contributed by atoms with Crippen LogP contribution in [0.15, 0.2) is 23.9 Å². The smallest absolute Gasteiger partial charge is 0.0629 e. The second-order valence-electron chi connectivity index (χ2n) is 5.35. The zero-order chi connectivity index (χ0) is 11.5. The van der Waals surface area contributed by atoms with E-state index in [1.165, 1.54) is 18.4 Å². The summed E-state index contributed by atoms with van der Waals surface area (Å²) in [5.41, 5.74) is 1.49. The van der Waals surface area contributed by atoms with Gasteiger partial charge in [0.15, 0.2) is 0 Å². The normalized spacial score (nSPS) is 21.8. The lowest BCUT2D eigenvalue weighted by Crippen LogP contribution is -2.38. The van der Waals surface area contributed by atoms with Crippen molar-refractivity contribution in [3.63, 3.8) is 0 Å². The molecule has 86 valence electrons. The largest absolute Gasteiger partial charge is 0.311 e. The first kappa shape index (κ1) is 12.3. The summed E-state index contributed by atoms with van der Waals surface area (Å²) >= 11 is 0. The van der Waals surface area contributed by atoms with Gasteiger partial charge in [0.25, 0.3) is 0 Å². The molecule has 0 aliphatic carbocycles. The third kappa shape index (κ3) is 3.38. The fourth-order valence-corrected chi connectivity index (χ4v) is 1.72. The second-order valence-corrected chi connectivity index (χ2v) is 5.35. The molecule has 0 saturated heterocycles. The Labute approximate surface area is 93.8 Å². The van der Waals surface area contributed by atoms with E-state index in [0.717, 1.165) is 6.42 Å². The van der Waals surface area contributed by atoms with Gasteiger partial charge in [0, 0.05) is 6.20 Å². The highest BCUT2D eigenvalue weighted by Gasteiger charge is 2.21. The topological polar surface area (TPSA) is 29.3 Å². The van der Waals surface area contributed by atoms with Gasteiger partial charge in [-0.1, -0.05) is 52.7 Å². The maximum Gasteiger partial charge on any atom is 0.0629 e. The molecule has 1 unspecified atom stereocenters. The van der Waals surface area contributed by atoms with Gasteiger partial charge in [0.05, 0.1) is 6.04 Å². The molecule has 1 rings (SSSR count). The molecular formula is C13H24N2. The molecule has 0 aromatic rings. The lowest BCUT2D eigenvalue weighted by molar-refractivity contribution is 0.297. The number of nitrogens with zero attached hydrogens (tertiary/aromatic N) is 1. The molecule has 0 radical (unpaired) electrons. The Hall–Kier alpha value is -0.760. The predicted molar refractivity (Wildman–Crippen MR) is 66.0 cm³/mol. The Bertz CT molecular complexity index is 258. The lowest BCUT2D eigenvalue weighted by atomic mass is 9.85. The van der Waals surface area contributed by atoms with E-state index in [0.29, 0.717) is 6.04 Å². The highest BCUT2D eigenvalue weighted by Crippen LogP contribution is 2.29. The Morgan fingerprint density at radius 1 is 1.40 bits per heavy atom. The summed E-state index contributed by atoms with van der Waals surface area (Å²) in [6, 6.07) is 0.385.